The average molecular weight is 244 g/mol. The first-order valence-corrected chi connectivity index (χ1v) is 6.50. The molecule has 0 aliphatic heterocycles. The van der Waals surface area contributed by atoms with Crippen LogP contribution in [0, 0.1) is 0 Å². The third-order valence-electron chi connectivity index (χ3n) is 2.35. The number of thiophene rings is 1. The molecule has 1 aromatic heterocycles. The van der Waals surface area contributed by atoms with E-state index in [0.29, 0.717) is 6.04 Å². The van der Waals surface area contributed by atoms with Gasteiger partial charge in [-0.1, -0.05) is 24.1 Å². The molecule has 1 rings (SSSR count). The lowest BCUT2D eigenvalue weighted by Crippen LogP contribution is -2.27. The van der Waals surface area contributed by atoms with Crippen molar-refractivity contribution in [2.75, 3.05) is 6.54 Å². The van der Waals surface area contributed by atoms with Gasteiger partial charge in [0.25, 0.3) is 0 Å². The fourth-order valence-electron chi connectivity index (χ4n) is 1.28. The van der Waals surface area contributed by atoms with Crippen molar-refractivity contribution >= 4 is 29.0 Å². The number of nitrogens with one attached hydrogen (secondary N) is 1. The van der Waals surface area contributed by atoms with Crippen molar-refractivity contribution in [3.05, 3.63) is 26.9 Å². The van der Waals surface area contributed by atoms with E-state index >= 15 is 0 Å². The number of halogens is 1. The Labute approximate surface area is 101 Å². The summed E-state index contributed by atoms with van der Waals surface area (Å²) in [7, 11) is 0. The van der Waals surface area contributed by atoms with Gasteiger partial charge in [0, 0.05) is 10.9 Å². The van der Waals surface area contributed by atoms with Crippen LogP contribution in [0.3, 0.4) is 0 Å². The number of rotatable bonds is 5. The molecule has 0 radical (unpaired) electrons. The first kappa shape index (κ1) is 12.8. The summed E-state index contributed by atoms with van der Waals surface area (Å²) in [5.41, 5.74) is 1.35. The summed E-state index contributed by atoms with van der Waals surface area (Å²) in [5.74, 6) is 0. The summed E-state index contributed by atoms with van der Waals surface area (Å²) in [5, 5.41) is 3.46. The molecule has 1 N–H and O–H groups in total. The minimum Gasteiger partial charge on any atom is -0.311 e. The van der Waals surface area contributed by atoms with E-state index in [1.54, 1.807) is 11.3 Å². The van der Waals surface area contributed by atoms with E-state index < -0.39 is 0 Å². The lowest BCUT2D eigenvalue weighted by atomic mass is 10.1. The van der Waals surface area contributed by atoms with E-state index in [-0.39, 0.29) is 0 Å². The zero-order valence-corrected chi connectivity index (χ0v) is 11.1. The van der Waals surface area contributed by atoms with Crippen LogP contribution >= 0.6 is 22.9 Å². The summed E-state index contributed by atoms with van der Waals surface area (Å²) in [6.45, 7) is 7.59. The van der Waals surface area contributed by atoms with Gasteiger partial charge in [0.2, 0.25) is 0 Å². The van der Waals surface area contributed by atoms with Gasteiger partial charge in [0.05, 0.1) is 4.34 Å². The molecule has 1 aromatic rings. The van der Waals surface area contributed by atoms with Crippen molar-refractivity contribution in [2.24, 2.45) is 0 Å². The zero-order chi connectivity index (χ0) is 11.3. The molecule has 1 unspecified atom stereocenters. The van der Waals surface area contributed by atoms with Crippen LogP contribution in [0.15, 0.2) is 17.7 Å². The van der Waals surface area contributed by atoms with Gasteiger partial charge in [-0.15, -0.1) is 11.3 Å². The van der Waals surface area contributed by atoms with Crippen LogP contribution in [0.5, 0.6) is 0 Å². The molecule has 3 heteroatoms. The van der Waals surface area contributed by atoms with Gasteiger partial charge in [-0.05, 0) is 45.0 Å². The lowest BCUT2D eigenvalue weighted by molar-refractivity contribution is 0.604. The Hall–Kier alpha value is -0.310. The molecule has 0 aliphatic carbocycles. The molecular weight excluding hydrogens is 226 g/mol. The SMILES string of the molecule is CCCNC(C)/C(C)=C/c1ccc(Cl)s1. The van der Waals surface area contributed by atoms with Crippen LogP contribution in [-0.2, 0) is 0 Å². The Morgan fingerprint density at radius 1 is 1.60 bits per heavy atom. The molecule has 0 saturated carbocycles. The zero-order valence-electron chi connectivity index (χ0n) is 9.51. The van der Waals surface area contributed by atoms with Crippen molar-refractivity contribution in [1.29, 1.82) is 0 Å². The van der Waals surface area contributed by atoms with Crippen molar-refractivity contribution in [3.8, 4) is 0 Å². The number of hydrogen-bond donors (Lipinski definition) is 1. The summed E-state index contributed by atoms with van der Waals surface area (Å²) in [6, 6.07) is 4.43. The van der Waals surface area contributed by atoms with E-state index in [9.17, 15) is 0 Å². The van der Waals surface area contributed by atoms with E-state index in [1.807, 2.05) is 6.07 Å². The first-order chi connectivity index (χ1) is 7.13. The van der Waals surface area contributed by atoms with Gasteiger partial charge in [-0.3, -0.25) is 0 Å². The van der Waals surface area contributed by atoms with E-state index in [0.717, 1.165) is 10.9 Å². The second-order valence-electron chi connectivity index (χ2n) is 3.71. The van der Waals surface area contributed by atoms with Gasteiger partial charge in [0.15, 0.2) is 0 Å². The molecule has 0 aromatic carbocycles. The Balaban J connectivity index is 2.58. The molecule has 0 bridgehead atoms. The molecule has 1 nitrogen and oxygen atoms in total. The van der Waals surface area contributed by atoms with Crippen LogP contribution in [0.4, 0.5) is 0 Å². The fraction of sp³-hybridized carbons (Fsp3) is 0.500. The van der Waals surface area contributed by atoms with E-state index in [4.69, 9.17) is 11.6 Å². The topological polar surface area (TPSA) is 12.0 Å². The summed E-state index contributed by atoms with van der Waals surface area (Å²) in [4.78, 5) is 1.22. The summed E-state index contributed by atoms with van der Waals surface area (Å²) < 4.78 is 0.850. The third-order valence-corrected chi connectivity index (χ3v) is 3.53. The minimum absolute atomic E-state index is 0.436. The highest BCUT2D eigenvalue weighted by molar-refractivity contribution is 7.17. The maximum absolute atomic E-state index is 5.88. The Kier molecular flexibility index (Phi) is 5.37. The van der Waals surface area contributed by atoms with Gasteiger partial charge in [-0.25, -0.2) is 0 Å². The predicted octanol–water partition coefficient (Wildman–Crippen LogP) is 4.19. The molecule has 0 saturated heterocycles. The molecule has 0 spiro atoms. The van der Waals surface area contributed by atoms with Crippen LogP contribution in [-0.4, -0.2) is 12.6 Å². The highest BCUT2D eigenvalue weighted by Gasteiger charge is 2.03. The summed E-state index contributed by atoms with van der Waals surface area (Å²) >= 11 is 7.50. The Bertz CT molecular complexity index is 330. The maximum atomic E-state index is 5.88. The van der Waals surface area contributed by atoms with Gasteiger partial charge < -0.3 is 5.32 Å². The molecule has 0 fully saturated rings. The molecule has 84 valence electrons. The summed E-state index contributed by atoms with van der Waals surface area (Å²) in [6.07, 6.45) is 3.37. The molecule has 0 aliphatic rings. The second kappa shape index (κ2) is 6.31. The Morgan fingerprint density at radius 2 is 2.33 bits per heavy atom. The highest BCUT2D eigenvalue weighted by Crippen LogP contribution is 2.23. The molecular formula is C12H18ClNS. The standard InChI is InChI=1S/C12H18ClNS/c1-4-7-14-10(3)9(2)8-11-5-6-12(13)15-11/h5-6,8,10,14H,4,7H2,1-3H3/b9-8+. The number of hydrogen-bond acceptors (Lipinski definition) is 2. The third kappa shape index (κ3) is 4.37. The molecule has 0 amide bonds. The molecule has 1 atom stereocenters. The van der Waals surface area contributed by atoms with Crippen molar-refractivity contribution in [3.63, 3.8) is 0 Å². The van der Waals surface area contributed by atoms with Crippen molar-refractivity contribution < 1.29 is 0 Å². The lowest BCUT2D eigenvalue weighted by Gasteiger charge is -2.13. The maximum Gasteiger partial charge on any atom is 0.0934 e. The smallest absolute Gasteiger partial charge is 0.0934 e. The van der Waals surface area contributed by atoms with Crippen LogP contribution in [0.2, 0.25) is 4.34 Å². The normalized spacial score (nSPS) is 14.3. The fourth-order valence-corrected chi connectivity index (χ4v) is 2.35. The molecule has 1 heterocycles. The minimum atomic E-state index is 0.436. The largest absolute Gasteiger partial charge is 0.311 e. The van der Waals surface area contributed by atoms with Crippen LogP contribution in [0.25, 0.3) is 6.08 Å². The van der Waals surface area contributed by atoms with Gasteiger partial charge in [-0.2, -0.15) is 0 Å². The van der Waals surface area contributed by atoms with Crippen molar-refractivity contribution in [2.45, 2.75) is 33.2 Å². The molecule has 15 heavy (non-hydrogen) atoms. The van der Waals surface area contributed by atoms with Crippen LogP contribution in [0.1, 0.15) is 32.1 Å². The second-order valence-corrected chi connectivity index (χ2v) is 5.45. The van der Waals surface area contributed by atoms with E-state index in [2.05, 4.69) is 38.2 Å². The van der Waals surface area contributed by atoms with E-state index in [1.165, 1.54) is 16.9 Å². The highest BCUT2D eigenvalue weighted by atomic mass is 35.5. The van der Waals surface area contributed by atoms with Crippen molar-refractivity contribution in [1.82, 2.24) is 5.32 Å². The van der Waals surface area contributed by atoms with Gasteiger partial charge >= 0.3 is 0 Å². The first-order valence-electron chi connectivity index (χ1n) is 5.30. The monoisotopic (exact) mass is 243 g/mol. The predicted molar refractivity (Wildman–Crippen MR) is 70.7 cm³/mol. The Morgan fingerprint density at radius 3 is 2.87 bits per heavy atom. The average Bonchev–Trinajstić information content (AvgIpc) is 2.60. The van der Waals surface area contributed by atoms with Gasteiger partial charge in [0.1, 0.15) is 0 Å². The van der Waals surface area contributed by atoms with Crippen LogP contribution < -0.4 is 5.32 Å². The quantitative estimate of drug-likeness (QED) is 0.818.